The summed E-state index contributed by atoms with van der Waals surface area (Å²) in [5.41, 5.74) is 2.92. The van der Waals surface area contributed by atoms with Crippen LogP contribution in [-0.2, 0) is 12.7 Å². The minimum atomic E-state index is -4.50. The predicted octanol–water partition coefficient (Wildman–Crippen LogP) is 5.92. The van der Waals surface area contributed by atoms with E-state index < -0.39 is 17.8 Å². The van der Waals surface area contributed by atoms with Crippen LogP contribution in [0.2, 0.25) is 0 Å². The lowest BCUT2D eigenvalue weighted by Gasteiger charge is -2.13. The highest BCUT2D eigenvalue weighted by Crippen LogP contribution is 2.36. The number of hydrogen-bond acceptors (Lipinski definition) is 5. The normalized spacial score (nSPS) is 11.7. The second-order valence-corrected chi connectivity index (χ2v) is 8.73. The SMILES string of the molecule is CNc1nn(CCO)c2nc(C(C)C)cc(-c3ccc(NC(=O)Nc4cccc(C(F)(F)F)c4)cc3)c12. The van der Waals surface area contributed by atoms with E-state index in [0.29, 0.717) is 23.7 Å². The van der Waals surface area contributed by atoms with Gasteiger partial charge in [-0.2, -0.15) is 18.3 Å². The molecule has 4 rings (SSSR count). The Morgan fingerprint density at radius 1 is 1.05 bits per heavy atom. The number of nitrogens with zero attached hydrogens (tertiary/aromatic N) is 3. The second kappa shape index (κ2) is 10.5. The first kappa shape index (κ1) is 26.0. The van der Waals surface area contributed by atoms with E-state index in [0.717, 1.165) is 34.3 Å². The largest absolute Gasteiger partial charge is 0.416 e. The summed E-state index contributed by atoms with van der Waals surface area (Å²) in [6, 6.07) is 12.9. The van der Waals surface area contributed by atoms with Crippen molar-refractivity contribution in [1.82, 2.24) is 14.8 Å². The number of nitrogens with one attached hydrogen (secondary N) is 3. The molecule has 4 aromatic rings. The van der Waals surface area contributed by atoms with Crippen LogP contribution in [0.5, 0.6) is 0 Å². The molecule has 0 aliphatic heterocycles. The van der Waals surface area contributed by atoms with Crippen LogP contribution in [0.3, 0.4) is 0 Å². The number of hydrogen-bond donors (Lipinski definition) is 4. The van der Waals surface area contributed by atoms with Crippen molar-refractivity contribution < 1.29 is 23.1 Å². The number of anilines is 3. The van der Waals surface area contributed by atoms with Crippen molar-refractivity contribution >= 4 is 34.3 Å². The van der Waals surface area contributed by atoms with Gasteiger partial charge < -0.3 is 21.1 Å². The molecule has 0 atom stereocenters. The minimum Gasteiger partial charge on any atom is -0.394 e. The molecule has 0 saturated carbocycles. The lowest BCUT2D eigenvalue weighted by molar-refractivity contribution is -0.137. The molecule has 11 heteroatoms. The van der Waals surface area contributed by atoms with Crippen molar-refractivity contribution in [2.75, 3.05) is 29.6 Å². The number of amides is 2. The second-order valence-electron chi connectivity index (χ2n) is 8.73. The first-order valence-electron chi connectivity index (χ1n) is 11.7. The van der Waals surface area contributed by atoms with E-state index in [1.54, 1.807) is 23.9 Å². The fraction of sp³-hybridized carbons (Fsp3) is 0.269. The van der Waals surface area contributed by atoms with Crippen LogP contribution in [0.15, 0.2) is 54.6 Å². The number of carbonyl (C=O) groups is 1. The molecule has 0 saturated heterocycles. The molecule has 0 radical (unpaired) electrons. The van der Waals surface area contributed by atoms with Gasteiger partial charge in [0, 0.05) is 24.1 Å². The van der Waals surface area contributed by atoms with Crippen molar-refractivity contribution in [3.8, 4) is 11.1 Å². The molecule has 2 amide bonds. The fourth-order valence-corrected chi connectivity index (χ4v) is 3.94. The topological polar surface area (TPSA) is 104 Å². The molecule has 8 nitrogen and oxygen atoms in total. The number of rotatable bonds is 7. The summed E-state index contributed by atoms with van der Waals surface area (Å²) in [6.07, 6.45) is -4.50. The fourth-order valence-electron chi connectivity index (χ4n) is 3.94. The third-order valence-electron chi connectivity index (χ3n) is 5.76. The van der Waals surface area contributed by atoms with E-state index >= 15 is 0 Å². The van der Waals surface area contributed by atoms with Crippen molar-refractivity contribution in [2.45, 2.75) is 32.5 Å². The number of pyridine rings is 1. The lowest BCUT2D eigenvalue weighted by atomic mass is 9.99. The standard InChI is InChI=1S/C26H27F3N6O2/c1-15(2)21-14-20(22-23(30-3)34-35(11-12-36)24(22)33-21)16-7-9-18(10-8-16)31-25(37)32-19-6-4-5-17(13-19)26(27,28)29/h4-10,13-15,36H,11-12H2,1-3H3,(H,30,34)(H2,31,32,37). The van der Waals surface area contributed by atoms with Crippen molar-refractivity contribution in [3.63, 3.8) is 0 Å². The number of carbonyl (C=O) groups excluding carboxylic acids is 1. The Kier molecular flexibility index (Phi) is 7.35. The molecule has 4 N–H and O–H groups in total. The van der Waals surface area contributed by atoms with Crippen LogP contribution >= 0.6 is 0 Å². The van der Waals surface area contributed by atoms with Crippen LogP contribution in [0.4, 0.5) is 35.2 Å². The van der Waals surface area contributed by atoms with Gasteiger partial charge in [0.05, 0.1) is 24.1 Å². The summed E-state index contributed by atoms with van der Waals surface area (Å²) in [4.78, 5) is 17.2. The molecule has 0 aliphatic rings. The molecule has 2 aromatic heterocycles. The first-order valence-corrected chi connectivity index (χ1v) is 11.7. The summed E-state index contributed by atoms with van der Waals surface area (Å²) < 4.78 is 40.5. The van der Waals surface area contributed by atoms with Gasteiger partial charge in [0.15, 0.2) is 11.5 Å². The first-order chi connectivity index (χ1) is 17.6. The maximum atomic E-state index is 12.9. The zero-order chi connectivity index (χ0) is 26.7. The summed E-state index contributed by atoms with van der Waals surface area (Å²) in [5, 5.41) is 23.0. The van der Waals surface area contributed by atoms with Gasteiger partial charge in [-0.15, -0.1) is 0 Å². The van der Waals surface area contributed by atoms with E-state index in [1.165, 1.54) is 12.1 Å². The van der Waals surface area contributed by atoms with Gasteiger partial charge in [0.2, 0.25) is 0 Å². The number of fused-ring (bicyclic) bond motifs is 1. The van der Waals surface area contributed by atoms with Crippen LogP contribution < -0.4 is 16.0 Å². The molecule has 0 aliphatic carbocycles. The van der Waals surface area contributed by atoms with E-state index in [9.17, 15) is 23.1 Å². The molecule has 0 bridgehead atoms. The van der Waals surface area contributed by atoms with Crippen molar-refractivity contribution in [2.24, 2.45) is 0 Å². The van der Waals surface area contributed by atoms with E-state index in [4.69, 9.17) is 4.98 Å². The molecule has 37 heavy (non-hydrogen) atoms. The minimum absolute atomic E-state index is 0.0313. The van der Waals surface area contributed by atoms with Crippen LogP contribution in [0.25, 0.3) is 22.2 Å². The Morgan fingerprint density at radius 2 is 1.76 bits per heavy atom. The summed E-state index contributed by atoms with van der Waals surface area (Å²) in [6.45, 7) is 4.31. The van der Waals surface area contributed by atoms with Gasteiger partial charge in [-0.05, 0) is 53.4 Å². The quantitative estimate of drug-likeness (QED) is 0.246. The molecule has 0 fully saturated rings. The van der Waals surface area contributed by atoms with Gasteiger partial charge in [0.1, 0.15) is 0 Å². The van der Waals surface area contributed by atoms with Gasteiger partial charge in [0.25, 0.3) is 0 Å². The zero-order valence-corrected chi connectivity index (χ0v) is 20.5. The third kappa shape index (κ3) is 5.67. The third-order valence-corrected chi connectivity index (χ3v) is 5.76. The Bertz CT molecular complexity index is 1410. The summed E-state index contributed by atoms with van der Waals surface area (Å²) in [7, 11) is 1.77. The monoisotopic (exact) mass is 512 g/mol. The molecular formula is C26H27F3N6O2. The predicted molar refractivity (Wildman–Crippen MR) is 138 cm³/mol. The van der Waals surface area contributed by atoms with Crippen LogP contribution in [0.1, 0.15) is 31.0 Å². The maximum Gasteiger partial charge on any atom is 0.416 e. The lowest BCUT2D eigenvalue weighted by Crippen LogP contribution is -2.19. The Balaban J connectivity index is 1.61. The highest BCUT2D eigenvalue weighted by Gasteiger charge is 2.30. The molecule has 194 valence electrons. The van der Waals surface area contributed by atoms with Gasteiger partial charge >= 0.3 is 12.2 Å². The zero-order valence-electron chi connectivity index (χ0n) is 20.5. The number of aliphatic hydroxyl groups is 1. The average molecular weight is 513 g/mol. The Hall–Kier alpha value is -4.12. The molecule has 2 aromatic carbocycles. The number of aliphatic hydroxyl groups excluding tert-OH is 1. The smallest absolute Gasteiger partial charge is 0.394 e. The van der Waals surface area contributed by atoms with Gasteiger partial charge in [-0.1, -0.05) is 32.0 Å². The Labute approximate surface area is 211 Å². The number of urea groups is 1. The highest BCUT2D eigenvalue weighted by atomic mass is 19.4. The molecule has 2 heterocycles. The number of aromatic nitrogens is 3. The highest BCUT2D eigenvalue weighted by molar-refractivity contribution is 6.02. The van der Waals surface area contributed by atoms with Crippen LogP contribution in [-0.4, -0.2) is 39.6 Å². The number of halogens is 3. The molecule has 0 spiro atoms. The number of alkyl halides is 3. The summed E-state index contributed by atoms with van der Waals surface area (Å²) in [5.74, 6) is 0.781. The van der Waals surface area contributed by atoms with Crippen molar-refractivity contribution in [3.05, 3.63) is 65.9 Å². The number of benzene rings is 2. The van der Waals surface area contributed by atoms with Crippen molar-refractivity contribution in [1.29, 1.82) is 0 Å². The van der Waals surface area contributed by atoms with Crippen LogP contribution in [0, 0.1) is 0 Å². The summed E-state index contributed by atoms with van der Waals surface area (Å²) >= 11 is 0. The average Bonchev–Trinajstić information content (AvgIpc) is 3.21. The van der Waals surface area contributed by atoms with E-state index in [-0.39, 0.29) is 18.2 Å². The molecule has 0 unspecified atom stereocenters. The van der Waals surface area contributed by atoms with Gasteiger partial charge in [-0.3, -0.25) is 0 Å². The Morgan fingerprint density at radius 3 is 2.38 bits per heavy atom. The molecular weight excluding hydrogens is 485 g/mol. The van der Waals surface area contributed by atoms with Gasteiger partial charge in [-0.25, -0.2) is 14.5 Å². The van der Waals surface area contributed by atoms with E-state index in [1.807, 2.05) is 32.0 Å². The van der Waals surface area contributed by atoms with E-state index in [2.05, 4.69) is 21.0 Å². The maximum absolute atomic E-state index is 12.9.